The summed E-state index contributed by atoms with van der Waals surface area (Å²) in [6.45, 7) is 0. The molecule has 0 aliphatic carbocycles. The summed E-state index contributed by atoms with van der Waals surface area (Å²) in [5.41, 5.74) is 29.4. The van der Waals surface area contributed by atoms with E-state index in [-0.39, 0.29) is 0 Å². The third-order valence-corrected chi connectivity index (χ3v) is 19.0. The van der Waals surface area contributed by atoms with Crippen molar-refractivity contribution in [1.29, 1.82) is 0 Å². The first-order valence-corrected chi connectivity index (χ1v) is 33.5. The molecule has 0 aliphatic rings. The molecule has 0 saturated carbocycles. The standard InChI is InChI=1S/C94H66N4/c1-7-19-67(20-8-1)73-31-35-79(36-32-73)91-63-81-65-94-82(66-93(81)97(91)89-59-55-87(56-60-89)95(83-47-39-75(40-48-83)69-23-11-3-12-24-69)84-49-41-76(42-50-84)70-25-13-4-14-26-70)64-92(80-37-33-74(34-38-80)68-21-9-2-10-22-68)98(94)90-61-57-88(58-62-90)96(85-51-43-77(44-52-85)71-27-15-5-16-28-71)86-53-45-78(46-54-86)72-29-17-6-18-30-72/h1-66H. The molecule has 98 heavy (non-hydrogen) atoms. The van der Waals surface area contributed by atoms with Crippen LogP contribution in [0.15, 0.2) is 400 Å². The van der Waals surface area contributed by atoms with Crippen molar-refractivity contribution >= 4 is 55.9 Å². The third kappa shape index (κ3) is 11.6. The van der Waals surface area contributed by atoms with Gasteiger partial charge in [0.2, 0.25) is 0 Å². The number of nitrogens with zero attached hydrogens (tertiary/aromatic N) is 4. The Morgan fingerprint density at radius 2 is 0.327 bits per heavy atom. The normalized spacial score (nSPS) is 11.3. The molecule has 4 heteroatoms. The van der Waals surface area contributed by atoms with Crippen LogP contribution in [0.5, 0.6) is 0 Å². The fraction of sp³-hybridized carbons (Fsp3) is 0. The fourth-order valence-electron chi connectivity index (χ4n) is 14.0. The first-order chi connectivity index (χ1) is 48.6. The highest BCUT2D eigenvalue weighted by Crippen LogP contribution is 2.44. The molecule has 15 aromatic carbocycles. The van der Waals surface area contributed by atoms with E-state index < -0.39 is 0 Å². The van der Waals surface area contributed by atoms with Gasteiger partial charge in [-0.2, -0.15) is 0 Å². The van der Waals surface area contributed by atoms with E-state index in [1.165, 1.54) is 66.8 Å². The van der Waals surface area contributed by atoms with Gasteiger partial charge in [0.15, 0.2) is 0 Å². The maximum Gasteiger partial charge on any atom is 0.0542 e. The van der Waals surface area contributed by atoms with Gasteiger partial charge in [-0.25, -0.2) is 0 Å². The first-order valence-electron chi connectivity index (χ1n) is 33.5. The molecule has 0 saturated heterocycles. The number of anilines is 6. The molecule has 0 fully saturated rings. The zero-order valence-electron chi connectivity index (χ0n) is 53.9. The van der Waals surface area contributed by atoms with Gasteiger partial charge >= 0.3 is 0 Å². The SMILES string of the molecule is c1ccc(-c2ccc(-c3cc4cc5c(cc(-c6ccc(-c7ccccc7)cc6)n5-c5ccc(N(c6ccc(-c7ccccc7)cc6)c6ccc(-c7ccccc7)cc6)cc5)cc4n3-c3ccc(N(c4ccc(-c5ccccc5)cc4)c4ccc(-c5ccccc5)cc4)cc3)cc2)cc1. The van der Waals surface area contributed by atoms with E-state index in [1.54, 1.807) is 0 Å². The molecule has 0 aliphatic heterocycles. The summed E-state index contributed by atoms with van der Waals surface area (Å²) in [5.74, 6) is 0. The fourth-order valence-corrected chi connectivity index (χ4v) is 14.0. The lowest BCUT2D eigenvalue weighted by atomic mass is 10.0. The number of aromatic nitrogens is 2. The molecular formula is C94H66N4. The first kappa shape index (κ1) is 58.8. The number of hydrogen-bond acceptors (Lipinski definition) is 2. The Labute approximate surface area is 572 Å². The Morgan fingerprint density at radius 1 is 0.153 bits per heavy atom. The van der Waals surface area contributed by atoms with Crippen molar-refractivity contribution < 1.29 is 0 Å². The summed E-state index contributed by atoms with van der Waals surface area (Å²) < 4.78 is 4.91. The van der Waals surface area contributed by atoms with Gasteiger partial charge in [0, 0.05) is 56.3 Å². The average Bonchev–Trinajstić information content (AvgIpc) is 1.57. The molecule has 0 N–H and O–H groups in total. The monoisotopic (exact) mass is 1250 g/mol. The molecule has 0 spiro atoms. The van der Waals surface area contributed by atoms with Crippen LogP contribution < -0.4 is 9.80 Å². The lowest BCUT2D eigenvalue weighted by Crippen LogP contribution is -2.10. The van der Waals surface area contributed by atoms with Crippen molar-refractivity contribution in [2.45, 2.75) is 0 Å². The molecule has 0 atom stereocenters. The van der Waals surface area contributed by atoms with Crippen molar-refractivity contribution in [3.05, 3.63) is 400 Å². The van der Waals surface area contributed by atoms with Crippen LogP contribution in [0.2, 0.25) is 0 Å². The van der Waals surface area contributed by atoms with Crippen molar-refractivity contribution in [3.8, 4) is 101 Å². The summed E-state index contributed by atoms with van der Waals surface area (Å²) in [7, 11) is 0. The van der Waals surface area contributed by atoms with Crippen LogP contribution in [0.25, 0.3) is 122 Å². The minimum atomic E-state index is 1.05. The summed E-state index contributed by atoms with van der Waals surface area (Å²) in [6, 6.07) is 145. The summed E-state index contributed by atoms with van der Waals surface area (Å²) >= 11 is 0. The molecule has 462 valence electrons. The van der Waals surface area contributed by atoms with Gasteiger partial charge in [-0.05, 0) is 199 Å². The molecule has 4 nitrogen and oxygen atoms in total. The van der Waals surface area contributed by atoms with Gasteiger partial charge < -0.3 is 18.9 Å². The second-order valence-corrected chi connectivity index (χ2v) is 24.9. The van der Waals surface area contributed by atoms with Gasteiger partial charge in [0.1, 0.15) is 0 Å². The smallest absolute Gasteiger partial charge is 0.0542 e. The zero-order valence-corrected chi connectivity index (χ0v) is 53.9. The highest BCUT2D eigenvalue weighted by atomic mass is 15.1. The minimum absolute atomic E-state index is 1.05. The van der Waals surface area contributed by atoms with Gasteiger partial charge in [-0.1, -0.05) is 279 Å². The molecule has 17 aromatic rings. The van der Waals surface area contributed by atoms with Crippen molar-refractivity contribution in [2.24, 2.45) is 0 Å². The van der Waals surface area contributed by atoms with E-state index >= 15 is 0 Å². The average molecular weight is 1250 g/mol. The lowest BCUT2D eigenvalue weighted by Gasteiger charge is -2.26. The topological polar surface area (TPSA) is 16.3 Å². The largest absolute Gasteiger partial charge is 0.311 e. The predicted octanol–water partition coefficient (Wildman–Crippen LogP) is 25.9. The van der Waals surface area contributed by atoms with Crippen molar-refractivity contribution in [3.63, 3.8) is 0 Å². The Kier molecular flexibility index (Phi) is 15.6. The Bertz CT molecular complexity index is 5020. The number of fused-ring (bicyclic) bond motifs is 2. The molecule has 2 heterocycles. The second-order valence-electron chi connectivity index (χ2n) is 24.9. The van der Waals surface area contributed by atoms with Crippen LogP contribution in [-0.2, 0) is 0 Å². The molecule has 0 unspecified atom stereocenters. The Balaban J connectivity index is 0.803. The van der Waals surface area contributed by atoms with Crippen LogP contribution in [0.1, 0.15) is 0 Å². The van der Waals surface area contributed by atoms with Gasteiger partial charge in [-0.3, -0.25) is 0 Å². The van der Waals surface area contributed by atoms with Crippen LogP contribution in [0.4, 0.5) is 34.1 Å². The van der Waals surface area contributed by atoms with Crippen LogP contribution in [-0.4, -0.2) is 9.13 Å². The summed E-state index contributed by atoms with van der Waals surface area (Å²) in [5, 5.41) is 2.27. The predicted molar refractivity (Wildman–Crippen MR) is 413 cm³/mol. The van der Waals surface area contributed by atoms with Crippen LogP contribution in [0, 0.1) is 0 Å². The number of benzene rings is 15. The van der Waals surface area contributed by atoms with Crippen LogP contribution >= 0.6 is 0 Å². The summed E-state index contributed by atoms with van der Waals surface area (Å²) in [4.78, 5) is 4.72. The molecule has 2 aromatic heterocycles. The second kappa shape index (κ2) is 26.1. The number of hydrogen-bond donors (Lipinski definition) is 0. The van der Waals surface area contributed by atoms with E-state index in [0.717, 1.165) is 89.8 Å². The minimum Gasteiger partial charge on any atom is -0.311 e. The molecule has 17 rings (SSSR count). The van der Waals surface area contributed by atoms with E-state index in [2.05, 4.69) is 419 Å². The molecular weight excluding hydrogens is 1190 g/mol. The van der Waals surface area contributed by atoms with Crippen molar-refractivity contribution in [2.75, 3.05) is 9.80 Å². The van der Waals surface area contributed by atoms with E-state index in [0.29, 0.717) is 0 Å². The van der Waals surface area contributed by atoms with Gasteiger partial charge in [-0.15, -0.1) is 0 Å². The maximum absolute atomic E-state index is 2.46. The van der Waals surface area contributed by atoms with E-state index in [1.807, 2.05) is 0 Å². The Hall–Kier alpha value is -13.0. The highest BCUT2D eigenvalue weighted by molar-refractivity contribution is 6.03. The molecule has 0 bridgehead atoms. The van der Waals surface area contributed by atoms with E-state index in [9.17, 15) is 0 Å². The maximum atomic E-state index is 2.46. The summed E-state index contributed by atoms with van der Waals surface area (Å²) in [6.07, 6.45) is 0. The zero-order chi connectivity index (χ0) is 65.1. The third-order valence-electron chi connectivity index (χ3n) is 19.0. The quantitative estimate of drug-likeness (QED) is 0.0959. The van der Waals surface area contributed by atoms with Crippen LogP contribution in [0.3, 0.4) is 0 Å². The molecule has 0 radical (unpaired) electrons. The number of rotatable bonds is 16. The molecule has 0 amide bonds. The highest BCUT2D eigenvalue weighted by Gasteiger charge is 2.22. The Morgan fingerprint density at radius 3 is 0.541 bits per heavy atom. The van der Waals surface area contributed by atoms with Gasteiger partial charge in [0.25, 0.3) is 0 Å². The van der Waals surface area contributed by atoms with Gasteiger partial charge in [0.05, 0.1) is 22.4 Å². The lowest BCUT2D eigenvalue weighted by molar-refractivity contribution is 1.13. The van der Waals surface area contributed by atoms with Crippen molar-refractivity contribution in [1.82, 2.24) is 9.13 Å². The van der Waals surface area contributed by atoms with E-state index in [4.69, 9.17) is 0 Å².